The maximum atomic E-state index is 6.10. The smallest absolute Gasteiger partial charge is 0.0453 e. The van der Waals surface area contributed by atoms with E-state index in [0.717, 1.165) is 18.1 Å². The molecule has 1 aromatic carbocycles. The van der Waals surface area contributed by atoms with Crippen LogP contribution in [0.25, 0.3) is 0 Å². The van der Waals surface area contributed by atoms with Crippen molar-refractivity contribution < 1.29 is 0 Å². The molecule has 0 fully saturated rings. The Kier molecular flexibility index (Phi) is 5.82. The summed E-state index contributed by atoms with van der Waals surface area (Å²) in [5.74, 6) is 0. The first-order valence-corrected chi connectivity index (χ1v) is 6.66. The molecule has 0 saturated heterocycles. The van der Waals surface area contributed by atoms with E-state index in [1.807, 2.05) is 6.07 Å². The van der Waals surface area contributed by atoms with E-state index in [0.29, 0.717) is 0 Å². The van der Waals surface area contributed by atoms with Gasteiger partial charge in [-0.3, -0.25) is 0 Å². The van der Waals surface area contributed by atoms with Crippen molar-refractivity contribution in [2.75, 3.05) is 11.0 Å². The van der Waals surface area contributed by atoms with Crippen LogP contribution in [0.2, 0.25) is 5.02 Å². The third kappa shape index (κ3) is 4.15. The van der Waals surface area contributed by atoms with Crippen LogP contribution >= 0.6 is 34.2 Å². The lowest BCUT2D eigenvalue weighted by molar-refractivity contribution is 0.681. The molecule has 0 saturated carbocycles. The standard InChI is InChI=1S/C11H15ClIN/c1-9-3-4-10(11(12)7-9)8-14-6-2-5-13/h3-4,7,14H,2,5-6,8H2,1H3. The van der Waals surface area contributed by atoms with Crippen LogP contribution in [0.5, 0.6) is 0 Å². The second-order valence-electron chi connectivity index (χ2n) is 3.31. The van der Waals surface area contributed by atoms with Gasteiger partial charge in [-0.2, -0.15) is 0 Å². The topological polar surface area (TPSA) is 12.0 Å². The molecule has 0 aliphatic heterocycles. The lowest BCUT2D eigenvalue weighted by atomic mass is 10.1. The Labute approximate surface area is 104 Å². The van der Waals surface area contributed by atoms with E-state index >= 15 is 0 Å². The van der Waals surface area contributed by atoms with Gasteiger partial charge in [0.25, 0.3) is 0 Å². The Morgan fingerprint density at radius 3 is 2.86 bits per heavy atom. The highest BCUT2D eigenvalue weighted by molar-refractivity contribution is 14.1. The van der Waals surface area contributed by atoms with E-state index in [1.165, 1.54) is 22.0 Å². The van der Waals surface area contributed by atoms with Gasteiger partial charge in [0, 0.05) is 16.0 Å². The second-order valence-corrected chi connectivity index (χ2v) is 4.80. The van der Waals surface area contributed by atoms with Crippen LogP contribution < -0.4 is 5.32 Å². The molecule has 0 aromatic heterocycles. The molecular formula is C11H15ClIN. The number of hydrogen-bond acceptors (Lipinski definition) is 1. The Balaban J connectivity index is 2.42. The molecule has 0 amide bonds. The molecule has 3 heteroatoms. The molecule has 0 heterocycles. The van der Waals surface area contributed by atoms with Gasteiger partial charge in [0.1, 0.15) is 0 Å². The summed E-state index contributed by atoms with van der Waals surface area (Å²) in [5, 5.41) is 4.24. The number of nitrogens with one attached hydrogen (secondary N) is 1. The van der Waals surface area contributed by atoms with Crippen LogP contribution in [-0.2, 0) is 6.54 Å². The molecule has 0 aliphatic carbocycles. The van der Waals surface area contributed by atoms with E-state index in [9.17, 15) is 0 Å². The van der Waals surface area contributed by atoms with Gasteiger partial charge in [-0.1, -0.05) is 46.3 Å². The van der Waals surface area contributed by atoms with Gasteiger partial charge >= 0.3 is 0 Å². The van der Waals surface area contributed by atoms with Gasteiger partial charge in [-0.25, -0.2) is 0 Å². The Morgan fingerprint density at radius 1 is 1.43 bits per heavy atom. The molecule has 0 spiro atoms. The quantitative estimate of drug-likeness (QED) is 0.496. The number of hydrogen-bond donors (Lipinski definition) is 1. The fourth-order valence-electron chi connectivity index (χ4n) is 1.21. The summed E-state index contributed by atoms with van der Waals surface area (Å²) in [4.78, 5) is 0. The summed E-state index contributed by atoms with van der Waals surface area (Å²) in [6.45, 7) is 3.99. The van der Waals surface area contributed by atoms with E-state index in [4.69, 9.17) is 11.6 Å². The molecule has 1 rings (SSSR count). The fourth-order valence-corrected chi connectivity index (χ4v) is 1.89. The highest BCUT2D eigenvalue weighted by Crippen LogP contribution is 2.17. The van der Waals surface area contributed by atoms with E-state index < -0.39 is 0 Å². The minimum absolute atomic E-state index is 0.868. The highest BCUT2D eigenvalue weighted by atomic mass is 127. The molecule has 78 valence electrons. The summed E-state index contributed by atoms with van der Waals surface area (Å²) in [6.07, 6.45) is 1.21. The van der Waals surface area contributed by atoms with Crippen molar-refractivity contribution in [2.45, 2.75) is 19.9 Å². The van der Waals surface area contributed by atoms with E-state index in [-0.39, 0.29) is 0 Å². The minimum Gasteiger partial charge on any atom is -0.313 e. The van der Waals surface area contributed by atoms with Crippen molar-refractivity contribution in [3.8, 4) is 0 Å². The third-order valence-electron chi connectivity index (χ3n) is 2.01. The first-order chi connectivity index (χ1) is 6.74. The predicted molar refractivity (Wildman–Crippen MR) is 71.4 cm³/mol. The van der Waals surface area contributed by atoms with Crippen LogP contribution in [0.4, 0.5) is 0 Å². The zero-order valence-corrected chi connectivity index (χ0v) is 11.2. The van der Waals surface area contributed by atoms with Crippen LogP contribution in [0.1, 0.15) is 17.5 Å². The third-order valence-corrected chi connectivity index (χ3v) is 3.13. The maximum absolute atomic E-state index is 6.10. The SMILES string of the molecule is Cc1ccc(CNCCCI)c(Cl)c1. The summed E-state index contributed by atoms with van der Waals surface area (Å²) >= 11 is 8.49. The summed E-state index contributed by atoms with van der Waals surface area (Å²) in [6, 6.07) is 6.20. The average Bonchev–Trinajstić information content (AvgIpc) is 2.15. The first kappa shape index (κ1) is 12.3. The Morgan fingerprint density at radius 2 is 2.21 bits per heavy atom. The average molecular weight is 324 g/mol. The number of aryl methyl sites for hydroxylation is 1. The Hall–Kier alpha value is 0.200. The molecule has 0 radical (unpaired) electrons. The number of alkyl halides is 1. The van der Waals surface area contributed by atoms with Gasteiger partial charge < -0.3 is 5.32 Å². The lowest BCUT2D eigenvalue weighted by Crippen LogP contribution is -2.15. The molecule has 1 nitrogen and oxygen atoms in total. The maximum Gasteiger partial charge on any atom is 0.0453 e. The van der Waals surface area contributed by atoms with Crippen LogP contribution in [-0.4, -0.2) is 11.0 Å². The van der Waals surface area contributed by atoms with Gasteiger partial charge in [-0.05, 0) is 37.1 Å². The monoisotopic (exact) mass is 323 g/mol. The van der Waals surface area contributed by atoms with Crippen LogP contribution in [0.15, 0.2) is 18.2 Å². The molecule has 14 heavy (non-hydrogen) atoms. The van der Waals surface area contributed by atoms with E-state index in [2.05, 4.69) is 47.0 Å². The van der Waals surface area contributed by atoms with Crippen LogP contribution in [0, 0.1) is 6.92 Å². The highest BCUT2D eigenvalue weighted by Gasteiger charge is 1.99. The normalized spacial score (nSPS) is 10.5. The zero-order chi connectivity index (χ0) is 10.4. The molecule has 0 aliphatic rings. The summed E-state index contributed by atoms with van der Waals surface area (Å²) < 4.78 is 1.20. The van der Waals surface area contributed by atoms with Crippen molar-refractivity contribution in [1.29, 1.82) is 0 Å². The molecule has 0 bridgehead atoms. The van der Waals surface area contributed by atoms with Gasteiger partial charge in [0.2, 0.25) is 0 Å². The molecule has 1 aromatic rings. The minimum atomic E-state index is 0.868. The predicted octanol–water partition coefficient (Wildman–Crippen LogP) is 3.56. The number of rotatable bonds is 5. The van der Waals surface area contributed by atoms with Crippen molar-refractivity contribution in [3.05, 3.63) is 34.3 Å². The number of halogens is 2. The number of benzene rings is 1. The van der Waals surface area contributed by atoms with Crippen molar-refractivity contribution in [2.24, 2.45) is 0 Å². The van der Waals surface area contributed by atoms with Gasteiger partial charge in [0.15, 0.2) is 0 Å². The van der Waals surface area contributed by atoms with Crippen molar-refractivity contribution in [1.82, 2.24) is 5.32 Å². The first-order valence-electron chi connectivity index (χ1n) is 4.75. The molecular weight excluding hydrogens is 308 g/mol. The molecule has 1 N–H and O–H groups in total. The van der Waals surface area contributed by atoms with Crippen molar-refractivity contribution >= 4 is 34.2 Å². The summed E-state index contributed by atoms with van der Waals surface area (Å²) in [7, 11) is 0. The van der Waals surface area contributed by atoms with E-state index in [1.54, 1.807) is 0 Å². The zero-order valence-electron chi connectivity index (χ0n) is 8.32. The van der Waals surface area contributed by atoms with Gasteiger partial charge in [-0.15, -0.1) is 0 Å². The largest absolute Gasteiger partial charge is 0.313 e. The Bertz CT molecular complexity index is 289. The van der Waals surface area contributed by atoms with Crippen molar-refractivity contribution in [3.63, 3.8) is 0 Å². The lowest BCUT2D eigenvalue weighted by Gasteiger charge is -2.06. The van der Waals surface area contributed by atoms with Gasteiger partial charge in [0.05, 0.1) is 0 Å². The van der Waals surface area contributed by atoms with Crippen LogP contribution in [0.3, 0.4) is 0 Å². The second kappa shape index (κ2) is 6.64. The molecule has 0 unspecified atom stereocenters. The molecule has 0 atom stereocenters. The summed E-state index contributed by atoms with van der Waals surface area (Å²) in [5.41, 5.74) is 2.40. The fraction of sp³-hybridized carbons (Fsp3) is 0.455.